The average molecular weight is 332 g/mol. The van der Waals surface area contributed by atoms with Crippen LogP contribution in [0.25, 0.3) is 0 Å². The first-order valence-corrected chi connectivity index (χ1v) is 10.5. The van der Waals surface area contributed by atoms with Crippen LogP contribution in [0.15, 0.2) is 30.3 Å². The molecule has 0 heterocycles. The minimum Gasteiger partial charge on any atom is -0.325 e. The lowest BCUT2D eigenvalue weighted by Gasteiger charge is -2.39. The molecule has 0 saturated heterocycles. The van der Waals surface area contributed by atoms with E-state index in [1.165, 1.54) is 76.2 Å². The highest BCUT2D eigenvalue weighted by Crippen LogP contribution is 2.33. The molecular formula is C23H41N. The molecule has 0 aliphatic heterocycles. The zero-order valence-electron chi connectivity index (χ0n) is 16.5. The summed E-state index contributed by atoms with van der Waals surface area (Å²) in [6.07, 6.45) is 15.2. The van der Waals surface area contributed by atoms with Crippen molar-refractivity contribution in [3.8, 4) is 0 Å². The third-order valence-corrected chi connectivity index (χ3v) is 5.54. The van der Waals surface area contributed by atoms with E-state index in [4.69, 9.17) is 5.73 Å². The van der Waals surface area contributed by atoms with Crippen molar-refractivity contribution in [3.63, 3.8) is 0 Å². The number of hydrogen-bond donors (Lipinski definition) is 1. The molecule has 1 unspecified atom stereocenters. The van der Waals surface area contributed by atoms with E-state index in [2.05, 4.69) is 51.1 Å². The topological polar surface area (TPSA) is 26.0 Å². The standard InChI is InChI=1S/C23H41N/c1-4-7-10-14-17-22(20-21-15-12-11-13-16-21)23(24,18-8-5-2)19-9-6-3/h11-13,15-16,22H,4-10,14,17-20,24H2,1-3H3. The lowest BCUT2D eigenvalue weighted by molar-refractivity contribution is 0.206. The summed E-state index contributed by atoms with van der Waals surface area (Å²) in [6, 6.07) is 11.0. The molecule has 0 spiro atoms. The van der Waals surface area contributed by atoms with Crippen LogP contribution in [0.2, 0.25) is 0 Å². The Balaban J connectivity index is 2.83. The van der Waals surface area contributed by atoms with Crippen molar-refractivity contribution in [3.05, 3.63) is 35.9 Å². The molecule has 0 aliphatic rings. The van der Waals surface area contributed by atoms with Gasteiger partial charge in [-0.05, 0) is 37.2 Å². The maximum Gasteiger partial charge on any atom is 0.0186 e. The van der Waals surface area contributed by atoms with Gasteiger partial charge in [0.1, 0.15) is 0 Å². The zero-order chi connectivity index (χ0) is 17.7. The van der Waals surface area contributed by atoms with Gasteiger partial charge in [0.2, 0.25) is 0 Å². The number of nitrogens with two attached hydrogens (primary N) is 1. The molecular weight excluding hydrogens is 290 g/mol. The molecule has 2 N–H and O–H groups in total. The molecule has 1 atom stereocenters. The molecule has 1 aromatic carbocycles. The summed E-state index contributed by atoms with van der Waals surface area (Å²) in [5.74, 6) is 0.620. The highest BCUT2D eigenvalue weighted by atomic mass is 14.8. The smallest absolute Gasteiger partial charge is 0.0186 e. The van der Waals surface area contributed by atoms with E-state index in [9.17, 15) is 0 Å². The second-order valence-corrected chi connectivity index (χ2v) is 7.68. The number of hydrogen-bond acceptors (Lipinski definition) is 1. The van der Waals surface area contributed by atoms with E-state index in [-0.39, 0.29) is 5.54 Å². The lowest BCUT2D eigenvalue weighted by Crippen LogP contribution is -2.48. The molecule has 1 heteroatoms. The molecule has 0 bridgehead atoms. The number of unbranched alkanes of at least 4 members (excludes halogenated alkanes) is 5. The highest BCUT2D eigenvalue weighted by Gasteiger charge is 2.33. The normalized spacial score (nSPS) is 13.2. The molecule has 0 radical (unpaired) electrons. The van der Waals surface area contributed by atoms with Gasteiger partial charge >= 0.3 is 0 Å². The van der Waals surface area contributed by atoms with Crippen LogP contribution in [0.1, 0.15) is 97.0 Å². The molecule has 0 aromatic heterocycles. The van der Waals surface area contributed by atoms with Crippen LogP contribution in [0.5, 0.6) is 0 Å². The second kappa shape index (κ2) is 12.5. The summed E-state index contributed by atoms with van der Waals surface area (Å²) in [7, 11) is 0. The van der Waals surface area contributed by atoms with Gasteiger partial charge in [0.25, 0.3) is 0 Å². The predicted octanol–water partition coefficient (Wildman–Crippen LogP) is 6.89. The molecule has 1 nitrogen and oxygen atoms in total. The van der Waals surface area contributed by atoms with Gasteiger partial charge in [-0.15, -0.1) is 0 Å². The monoisotopic (exact) mass is 331 g/mol. The van der Waals surface area contributed by atoms with E-state index in [0.717, 1.165) is 6.42 Å². The summed E-state index contributed by atoms with van der Waals surface area (Å²) in [5.41, 5.74) is 8.56. The van der Waals surface area contributed by atoms with Crippen LogP contribution in [-0.4, -0.2) is 5.54 Å². The third kappa shape index (κ3) is 7.83. The quantitative estimate of drug-likeness (QED) is 0.369. The molecule has 0 aliphatic carbocycles. The fraction of sp³-hybridized carbons (Fsp3) is 0.739. The van der Waals surface area contributed by atoms with E-state index in [1.54, 1.807) is 0 Å². The van der Waals surface area contributed by atoms with E-state index in [0.29, 0.717) is 5.92 Å². The summed E-state index contributed by atoms with van der Waals surface area (Å²) in [6.45, 7) is 6.86. The van der Waals surface area contributed by atoms with Gasteiger partial charge in [-0.3, -0.25) is 0 Å². The summed E-state index contributed by atoms with van der Waals surface area (Å²) < 4.78 is 0. The van der Waals surface area contributed by atoms with Crippen molar-refractivity contribution >= 4 is 0 Å². The third-order valence-electron chi connectivity index (χ3n) is 5.54. The number of rotatable bonds is 14. The van der Waals surface area contributed by atoms with Crippen molar-refractivity contribution in [2.24, 2.45) is 11.7 Å². The minimum atomic E-state index is 0.0219. The first-order valence-electron chi connectivity index (χ1n) is 10.5. The molecule has 24 heavy (non-hydrogen) atoms. The lowest BCUT2D eigenvalue weighted by atomic mass is 9.72. The molecule has 0 saturated carbocycles. The molecule has 1 rings (SSSR count). The van der Waals surface area contributed by atoms with Gasteiger partial charge in [-0.1, -0.05) is 102 Å². The van der Waals surface area contributed by atoms with Gasteiger partial charge in [0, 0.05) is 5.54 Å². The van der Waals surface area contributed by atoms with Crippen LogP contribution >= 0.6 is 0 Å². The molecule has 0 amide bonds. The fourth-order valence-corrected chi connectivity index (χ4v) is 3.85. The maximum absolute atomic E-state index is 7.08. The second-order valence-electron chi connectivity index (χ2n) is 7.68. The van der Waals surface area contributed by atoms with Crippen LogP contribution < -0.4 is 5.73 Å². The van der Waals surface area contributed by atoms with Crippen molar-refractivity contribution in [1.29, 1.82) is 0 Å². The Morgan fingerprint density at radius 3 is 1.92 bits per heavy atom. The maximum atomic E-state index is 7.08. The largest absolute Gasteiger partial charge is 0.325 e. The Hall–Kier alpha value is -0.820. The Labute approximate surface area is 151 Å². The highest BCUT2D eigenvalue weighted by molar-refractivity contribution is 5.16. The minimum absolute atomic E-state index is 0.0219. The van der Waals surface area contributed by atoms with E-state index < -0.39 is 0 Å². The number of benzene rings is 1. The Bertz CT molecular complexity index is 390. The van der Waals surface area contributed by atoms with Crippen molar-refractivity contribution in [2.75, 3.05) is 0 Å². The van der Waals surface area contributed by atoms with Gasteiger partial charge < -0.3 is 5.73 Å². The van der Waals surface area contributed by atoms with E-state index in [1.807, 2.05) is 0 Å². The van der Waals surface area contributed by atoms with Gasteiger partial charge in [0.15, 0.2) is 0 Å². The Morgan fingerprint density at radius 2 is 1.38 bits per heavy atom. The van der Waals surface area contributed by atoms with E-state index >= 15 is 0 Å². The Kier molecular flexibility index (Phi) is 11.1. The summed E-state index contributed by atoms with van der Waals surface area (Å²) in [4.78, 5) is 0. The van der Waals surface area contributed by atoms with Gasteiger partial charge in [-0.2, -0.15) is 0 Å². The predicted molar refractivity (Wildman–Crippen MR) is 108 cm³/mol. The molecule has 1 aromatic rings. The Morgan fingerprint density at radius 1 is 0.792 bits per heavy atom. The van der Waals surface area contributed by atoms with Gasteiger partial charge in [-0.25, -0.2) is 0 Å². The van der Waals surface area contributed by atoms with Crippen LogP contribution in [-0.2, 0) is 6.42 Å². The SMILES string of the molecule is CCCCCCC(Cc1ccccc1)C(N)(CCCC)CCCC. The van der Waals surface area contributed by atoms with Crippen LogP contribution in [0.4, 0.5) is 0 Å². The van der Waals surface area contributed by atoms with Crippen LogP contribution in [0, 0.1) is 5.92 Å². The van der Waals surface area contributed by atoms with Crippen molar-refractivity contribution in [1.82, 2.24) is 0 Å². The first-order chi connectivity index (χ1) is 11.7. The summed E-state index contributed by atoms with van der Waals surface area (Å²) >= 11 is 0. The van der Waals surface area contributed by atoms with Crippen molar-refractivity contribution in [2.45, 2.75) is 103 Å². The molecule has 0 fully saturated rings. The first kappa shape index (κ1) is 21.2. The van der Waals surface area contributed by atoms with Gasteiger partial charge in [0.05, 0.1) is 0 Å². The van der Waals surface area contributed by atoms with Crippen molar-refractivity contribution < 1.29 is 0 Å². The zero-order valence-corrected chi connectivity index (χ0v) is 16.5. The molecule has 138 valence electrons. The van der Waals surface area contributed by atoms with Crippen LogP contribution in [0.3, 0.4) is 0 Å². The average Bonchev–Trinajstić information content (AvgIpc) is 2.61. The fourth-order valence-electron chi connectivity index (χ4n) is 3.85. The summed E-state index contributed by atoms with van der Waals surface area (Å²) in [5, 5.41) is 0.